The number of nitrogens with one attached hydrogen (secondary N) is 1. The molecule has 0 saturated carbocycles. The average Bonchev–Trinajstić information content (AvgIpc) is 2.43. The zero-order valence-corrected chi connectivity index (χ0v) is 12.8. The molecule has 20 heavy (non-hydrogen) atoms. The molecule has 4 heteroatoms. The van der Waals surface area contributed by atoms with Crippen molar-refractivity contribution in [3.63, 3.8) is 0 Å². The molecule has 1 N–H and O–H groups in total. The van der Waals surface area contributed by atoms with Crippen LogP contribution in [0.3, 0.4) is 0 Å². The monoisotopic (exact) mass is 279 g/mol. The fourth-order valence-electron chi connectivity index (χ4n) is 2.12. The van der Waals surface area contributed by atoms with Crippen molar-refractivity contribution in [1.29, 1.82) is 0 Å². The lowest BCUT2D eigenvalue weighted by Gasteiger charge is -2.26. The first kappa shape index (κ1) is 16.7. The molecular weight excluding hydrogens is 254 g/mol. The van der Waals surface area contributed by atoms with Crippen molar-refractivity contribution in [2.24, 2.45) is 0 Å². The van der Waals surface area contributed by atoms with Crippen LogP contribution in [0, 0.1) is 0 Å². The number of carbonyl (C=O) groups is 1. The van der Waals surface area contributed by atoms with Gasteiger partial charge in [0.25, 0.3) is 0 Å². The Morgan fingerprint density at radius 3 is 2.50 bits per heavy atom. The predicted molar refractivity (Wildman–Crippen MR) is 79.8 cm³/mol. The second-order valence-corrected chi connectivity index (χ2v) is 5.31. The molecule has 1 atom stereocenters. The standard InChI is InChI=1S/C16H25NO3/c1-5-20-16(2,3)12-17-11-14(15(18)19-4)13-9-7-6-8-10-13/h6-10,14,17H,5,11-12H2,1-4H3. The summed E-state index contributed by atoms with van der Waals surface area (Å²) in [6, 6.07) is 9.67. The molecular formula is C16H25NO3. The van der Waals surface area contributed by atoms with Crippen LogP contribution in [0.15, 0.2) is 30.3 Å². The zero-order valence-electron chi connectivity index (χ0n) is 12.8. The Bertz CT molecular complexity index is 403. The van der Waals surface area contributed by atoms with Gasteiger partial charge in [-0.2, -0.15) is 0 Å². The van der Waals surface area contributed by atoms with E-state index in [0.717, 1.165) is 5.56 Å². The summed E-state index contributed by atoms with van der Waals surface area (Å²) in [6.07, 6.45) is 0. The number of rotatable bonds is 8. The van der Waals surface area contributed by atoms with Gasteiger partial charge in [-0.3, -0.25) is 4.79 Å². The second-order valence-electron chi connectivity index (χ2n) is 5.31. The van der Waals surface area contributed by atoms with E-state index in [1.54, 1.807) is 0 Å². The summed E-state index contributed by atoms with van der Waals surface area (Å²) >= 11 is 0. The first-order valence-corrected chi connectivity index (χ1v) is 6.97. The van der Waals surface area contributed by atoms with Gasteiger partial charge < -0.3 is 14.8 Å². The molecule has 112 valence electrons. The van der Waals surface area contributed by atoms with Gasteiger partial charge in [-0.1, -0.05) is 30.3 Å². The Labute approximate surface area is 121 Å². The normalized spacial score (nSPS) is 13.0. The van der Waals surface area contributed by atoms with E-state index in [1.807, 2.05) is 51.1 Å². The Morgan fingerprint density at radius 2 is 1.95 bits per heavy atom. The number of methoxy groups -OCH3 is 1. The van der Waals surface area contributed by atoms with E-state index >= 15 is 0 Å². The summed E-state index contributed by atoms with van der Waals surface area (Å²) in [5.41, 5.74) is 0.715. The van der Waals surface area contributed by atoms with E-state index in [1.165, 1.54) is 7.11 Å². The summed E-state index contributed by atoms with van der Waals surface area (Å²) in [5.74, 6) is -0.517. The summed E-state index contributed by atoms with van der Waals surface area (Å²) in [5, 5.41) is 3.30. The second kappa shape index (κ2) is 8.02. The maximum absolute atomic E-state index is 11.9. The molecule has 0 radical (unpaired) electrons. The lowest BCUT2D eigenvalue weighted by molar-refractivity contribution is -0.142. The minimum atomic E-state index is -0.293. The third-order valence-electron chi connectivity index (χ3n) is 3.12. The molecule has 0 aliphatic heterocycles. The molecule has 0 aliphatic rings. The van der Waals surface area contributed by atoms with Crippen molar-refractivity contribution in [1.82, 2.24) is 5.32 Å². The molecule has 0 bridgehead atoms. The van der Waals surface area contributed by atoms with Crippen LogP contribution in [0.5, 0.6) is 0 Å². The van der Waals surface area contributed by atoms with Crippen LogP contribution in [-0.4, -0.2) is 38.4 Å². The first-order valence-electron chi connectivity index (χ1n) is 6.97. The maximum Gasteiger partial charge on any atom is 0.314 e. The molecule has 0 aliphatic carbocycles. The number of hydrogen-bond acceptors (Lipinski definition) is 4. The number of esters is 1. The highest BCUT2D eigenvalue weighted by Gasteiger charge is 2.23. The summed E-state index contributed by atoms with van der Waals surface area (Å²) < 4.78 is 10.5. The van der Waals surface area contributed by atoms with Gasteiger partial charge in [0.05, 0.1) is 18.6 Å². The smallest absolute Gasteiger partial charge is 0.314 e. The van der Waals surface area contributed by atoms with E-state index in [9.17, 15) is 4.79 Å². The van der Waals surface area contributed by atoms with Crippen LogP contribution < -0.4 is 5.32 Å². The van der Waals surface area contributed by atoms with Crippen molar-refractivity contribution in [2.75, 3.05) is 26.8 Å². The van der Waals surface area contributed by atoms with Crippen LogP contribution in [0.1, 0.15) is 32.3 Å². The molecule has 0 fully saturated rings. The molecule has 1 aromatic carbocycles. The van der Waals surface area contributed by atoms with Gasteiger partial charge in [0.15, 0.2) is 0 Å². The van der Waals surface area contributed by atoms with Crippen LogP contribution in [0.25, 0.3) is 0 Å². The van der Waals surface area contributed by atoms with Crippen LogP contribution in [0.2, 0.25) is 0 Å². The molecule has 0 spiro atoms. The highest BCUT2D eigenvalue weighted by Crippen LogP contribution is 2.16. The molecule has 1 aromatic rings. The maximum atomic E-state index is 11.9. The van der Waals surface area contributed by atoms with Crippen LogP contribution in [0.4, 0.5) is 0 Å². The van der Waals surface area contributed by atoms with Crippen LogP contribution >= 0.6 is 0 Å². The third kappa shape index (κ3) is 5.31. The van der Waals surface area contributed by atoms with Crippen molar-refractivity contribution >= 4 is 5.97 Å². The molecule has 1 unspecified atom stereocenters. The van der Waals surface area contributed by atoms with Gasteiger partial charge in [0.2, 0.25) is 0 Å². The fourth-order valence-corrected chi connectivity index (χ4v) is 2.12. The topological polar surface area (TPSA) is 47.6 Å². The Morgan fingerprint density at radius 1 is 1.30 bits per heavy atom. The van der Waals surface area contributed by atoms with Gasteiger partial charge >= 0.3 is 5.97 Å². The Kier molecular flexibility index (Phi) is 6.68. The average molecular weight is 279 g/mol. The number of ether oxygens (including phenoxy) is 2. The minimum Gasteiger partial charge on any atom is -0.469 e. The van der Waals surface area contributed by atoms with Gasteiger partial charge in [0, 0.05) is 19.7 Å². The summed E-state index contributed by atoms with van der Waals surface area (Å²) in [4.78, 5) is 11.9. The van der Waals surface area contributed by atoms with Crippen molar-refractivity contribution in [3.05, 3.63) is 35.9 Å². The summed E-state index contributed by atoms with van der Waals surface area (Å²) in [7, 11) is 1.42. The summed E-state index contributed by atoms with van der Waals surface area (Å²) in [6.45, 7) is 7.92. The molecule has 4 nitrogen and oxygen atoms in total. The lowest BCUT2D eigenvalue weighted by atomic mass is 9.99. The predicted octanol–water partition coefficient (Wildman–Crippen LogP) is 2.35. The van der Waals surface area contributed by atoms with Gasteiger partial charge in [-0.05, 0) is 26.3 Å². The molecule has 0 aromatic heterocycles. The Balaban J connectivity index is 2.61. The molecule has 0 heterocycles. The number of benzene rings is 1. The Hall–Kier alpha value is -1.39. The number of hydrogen-bond donors (Lipinski definition) is 1. The quantitative estimate of drug-likeness (QED) is 0.742. The van der Waals surface area contributed by atoms with E-state index in [2.05, 4.69) is 5.32 Å². The highest BCUT2D eigenvalue weighted by molar-refractivity contribution is 5.78. The highest BCUT2D eigenvalue weighted by atomic mass is 16.5. The SMILES string of the molecule is CCOC(C)(C)CNCC(C(=O)OC)c1ccccc1. The fraction of sp³-hybridized carbons (Fsp3) is 0.562. The van der Waals surface area contributed by atoms with Gasteiger partial charge in [-0.25, -0.2) is 0 Å². The molecule has 0 amide bonds. The van der Waals surface area contributed by atoms with Crippen molar-refractivity contribution < 1.29 is 14.3 Å². The van der Waals surface area contributed by atoms with Gasteiger partial charge in [0.1, 0.15) is 0 Å². The number of carbonyl (C=O) groups excluding carboxylic acids is 1. The minimum absolute atomic E-state index is 0.224. The van der Waals surface area contributed by atoms with E-state index < -0.39 is 0 Å². The largest absolute Gasteiger partial charge is 0.469 e. The van der Waals surface area contributed by atoms with Crippen LogP contribution in [-0.2, 0) is 14.3 Å². The molecule has 0 saturated heterocycles. The lowest BCUT2D eigenvalue weighted by Crippen LogP contribution is -2.40. The van der Waals surface area contributed by atoms with Crippen molar-refractivity contribution in [2.45, 2.75) is 32.3 Å². The zero-order chi connectivity index (χ0) is 15.0. The van der Waals surface area contributed by atoms with Crippen molar-refractivity contribution in [3.8, 4) is 0 Å². The third-order valence-corrected chi connectivity index (χ3v) is 3.12. The first-order chi connectivity index (χ1) is 9.50. The van der Waals surface area contributed by atoms with E-state index in [4.69, 9.17) is 9.47 Å². The van der Waals surface area contributed by atoms with Gasteiger partial charge in [-0.15, -0.1) is 0 Å². The van der Waals surface area contributed by atoms with E-state index in [0.29, 0.717) is 19.7 Å². The van der Waals surface area contributed by atoms with E-state index in [-0.39, 0.29) is 17.5 Å². The molecule has 1 rings (SSSR count).